The van der Waals surface area contributed by atoms with E-state index < -0.39 is 19.1 Å². The van der Waals surface area contributed by atoms with Crippen molar-refractivity contribution in [3.05, 3.63) is 91.0 Å². The molecule has 3 aromatic rings. The molecule has 3 rings (SSSR count). The summed E-state index contributed by atoms with van der Waals surface area (Å²) in [7, 11) is -2.07. The quantitative estimate of drug-likeness (QED) is 0.178. The van der Waals surface area contributed by atoms with E-state index in [0.717, 1.165) is 17.9 Å². The van der Waals surface area contributed by atoms with E-state index in [2.05, 4.69) is 52.3 Å². The fourth-order valence-corrected chi connectivity index (χ4v) is 8.93. The minimum Gasteiger partial charge on any atom is -1.00 e. The normalized spacial score (nSPS) is 10.6. The molecule has 11 heteroatoms. The van der Waals surface area contributed by atoms with Crippen LogP contribution in [0.2, 0.25) is 0 Å². The van der Waals surface area contributed by atoms with Crippen LogP contribution in [-0.2, 0) is 24.0 Å². The summed E-state index contributed by atoms with van der Waals surface area (Å²) < 4.78 is 0. The number of hydrogen-bond acceptors (Lipinski definition) is 6. The molecular formula is C31H35BrN3O5PS. The molecule has 0 aliphatic heterocycles. The largest absolute Gasteiger partial charge is 1.00 e. The van der Waals surface area contributed by atoms with Crippen LogP contribution >= 0.6 is 19.0 Å². The van der Waals surface area contributed by atoms with E-state index in [0.29, 0.717) is 6.54 Å². The Balaban J connectivity index is 0.00000616. The number of Topliss-reactive ketones (excluding diaryl/α,β-unsaturated/α-hetero) is 1. The van der Waals surface area contributed by atoms with Crippen LogP contribution in [0.5, 0.6) is 0 Å². The third-order valence-corrected chi connectivity index (χ3v) is 11.6. The van der Waals surface area contributed by atoms with Crippen LogP contribution in [-0.4, -0.2) is 60.2 Å². The van der Waals surface area contributed by atoms with Gasteiger partial charge >= 0.3 is 0 Å². The van der Waals surface area contributed by atoms with Gasteiger partial charge in [0.2, 0.25) is 17.7 Å². The summed E-state index contributed by atoms with van der Waals surface area (Å²) in [5, 5.41) is 11.3. The maximum atomic E-state index is 12.7. The van der Waals surface area contributed by atoms with E-state index >= 15 is 0 Å². The Hall–Kier alpha value is -3.33. The van der Waals surface area contributed by atoms with Gasteiger partial charge in [0.25, 0.3) is 0 Å². The van der Waals surface area contributed by atoms with Crippen LogP contribution in [0.1, 0.15) is 19.8 Å². The maximum absolute atomic E-state index is 12.7. The molecule has 0 radical (unpaired) electrons. The first kappa shape index (κ1) is 34.9. The third-order valence-electron chi connectivity index (χ3n) is 6.33. The fraction of sp³-hybridized carbons (Fsp3) is 0.258. The summed E-state index contributed by atoms with van der Waals surface area (Å²) in [5.74, 6) is -1.55. The van der Waals surface area contributed by atoms with Crippen molar-refractivity contribution >= 4 is 63.6 Å². The van der Waals surface area contributed by atoms with Crippen LogP contribution in [0, 0.1) is 0 Å². The summed E-state index contributed by atoms with van der Waals surface area (Å²) in [4.78, 5) is 59.3. The van der Waals surface area contributed by atoms with Gasteiger partial charge in [-0.25, -0.2) is 0 Å². The average Bonchev–Trinajstić information content (AvgIpc) is 3.00. The summed E-state index contributed by atoms with van der Waals surface area (Å²) in [6.45, 7) is 1.28. The molecule has 0 aromatic heterocycles. The predicted molar refractivity (Wildman–Crippen MR) is 166 cm³/mol. The van der Waals surface area contributed by atoms with Gasteiger partial charge in [-0.3, -0.25) is 24.0 Å². The Morgan fingerprint density at radius 1 is 0.619 bits per heavy atom. The summed E-state index contributed by atoms with van der Waals surface area (Å²) in [5.41, 5.74) is 0. The third kappa shape index (κ3) is 10.8. The highest BCUT2D eigenvalue weighted by atomic mass is 79.9. The van der Waals surface area contributed by atoms with Crippen molar-refractivity contribution in [2.24, 2.45) is 0 Å². The average molecular weight is 673 g/mol. The number of ketones is 1. The van der Waals surface area contributed by atoms with Gasteiger partial charge < -0.3 is 32.9 Å². The molecule has 0 heterocycles. The second kappa shape index (κ2) is 18.3. The smallest absolute Gasteiger partial charge is 0.239 e. The molecule has 0 saturated carbocycles. The molecule has 0 spiro atoms. The van der Waals surface area contributed by atoms with E-state index in [1.807, 2.05) is 54.6 Å². The Labute approximate surface area is 261 Å². The zero-order chi connectivity index (χ0) is 29.5. The second-order valence-corrected chi connectivity index (χ2v) is 14.0. The molecule has 8 nitrogen and oxygen atoms in total. The Morgan fingerprint density at radius 3 is 1.57 bits per heavy atom. The number of nitrogens with one attached hydrogen (secondary N) is 3. The van der Waals surface area contributed by atoms with Crippen LogP contribution in [0.25, 0.3) is 0 Å². The number of amides is 3. The van der Waals surface area contributed by atoms with E-state index in [4.69, 9.17) is 0 Å². The highest BCUT2D eigenvalue weighted by Crippen LogP contribution is 2.54. The van der Waals surface area contributed by atoms with Gasteiger partial charge in [-0.2, -0.15) is 0 Å². The minimum absolute atomic E-state index is 0. The van der Waals surface area contributed by atoms with E-state index in [1.165, 1.54) is 22.8 Å². The number of thioether (sulfide) groups is 1. The van der Waals surface area contributed by atoms with Crippen molar-refractivity contribution in [3.63, 3.8) is 0 Å². The Bertz CT molecular complexity index is 1230. The number of halogens is 1. The van der Waals surface area contributed by atoms with Gasteiger partial charge in [-0.1, -0.05) is 66.4 Å². The van der Waals surface area contributed by atoms with Crippen LogP contribution in [0.15, 0.2) is 91.0 Å². The topological polar surface area (TPSA) is 121 Å². The number of rotatable bonds is 15. The van der Waals surface area contributed by atoms with E-state index in [-0.39, 0.29) is 65.5 Å². The van der Waals surface area contributed by atoms with Gasteiger partial charge in [-0.05, 0) is 36.4 Å². The Morgan fingerprint density at radius 2 is 1.10 bits per heavy atom. The molecule has 222 valence electrons. The highest BCUT2D eigenvalue weighted by molar-refractivity contribution is 8.14. The van der Waals surface area contributed by atoms with Gasteiger partial charge in [-0.15, -0.1) is 0 Å². The SMILES string of the molecule is CC(=O)SCC(=O)NCC(=O)NCC(=O)CCC(=O)NCC[P+](c1ccccc1)(c1ccccc1)c1ccccc1.[Br-]. The van der Waals surface area contributed by atoms with Gasteiger partial charge in [0.15, 0.2) is 10.9 Å². The molecule has 3 aromatic carbocycles. The lowest BCUT2D eigenvalue weighted by Gasteiger charge is -2.27. The van der Waals surface area contributed by atoms with Crippen molar-refractivity contribution in [1.82, 2.24) is 16.0 Å². The second-order valence-electron chi connectivity index (χ2n) is 9.26. The molecule has 0 fully saturated rings. The number of hydrogen-bond donors (Lipinski definition) is 3. The van der Waals surface area contributed by atoms with E-state index in [9.17, 15) is 24.0 Å². The van der Waals surface area contributed by atoms with Crippen LogP contribution in [0.3, 0.4) is 0 Å². The fourth-order valence-electron chi connectivity index (χ4n) is 4.33. The number of benzene rings is 3. The standard InChI is InChI=1S/C31H34N3O5PS.BrH/c1-24(35)41-23-31(39)34-22-30(38)33-21-25(36)17-18-29(37)32-19-20-40(26-11-5-2-6-12-26,27-13-7-3-8-14-27)28-15-9-4-10-16-28;/h2-16H,17-23H2,1H3,(H2-,32,33,34,37,38,39);1H. The number of carbonyl (C=O) groups is 5. The molecule has 0 atom stereocenters. The molecule has 0 unspecified atom stereocenters. The number of carbonyl (C=O) groups excluding carboxylic acids is 5. The summed E-state index contributed by atoms with van der Waals surface area (Å²) in [6.07, 6.45) is 0.725. The van der Waals surface area contributed by atoms with Crippen molar-refractivity contribution in [2.75, 3.05) is 31.5 Å². The lowest BCUT2D eigenvalue weighted by molar-refractivity contribution is -0.127. The van der Waals surface area contributed by atoms with Gasteiger partial charge in [0, 0.05) is 19.8 Å². The lowest BCUT2D eigenvalue weighted by atomic mass is 10.2. The van der Waals surface area contributed by atoms with Crippen LogP contribution < -0.4 is 48.8 Å². The zero-order valence-corrected chi connectivity index (χ0v) is 26.7. The molecule has 42 heavy (non-hydrogen) atoms. The van der Waals surface area contributed by atoms with Crippen molar-refractivity contribution in [1.29, 1.82) is 0 Å². The summed E-state index contributed by atoms with van der Waals surface area (Å²) >= 11 is 0.849. The molecule has 3 amide bonds. The summed E-state index contributed by atoms with van der Waals surface area (Å²) in [6, 6.07) is 31.2. The maximum Gasteiger partial charge on any atom is 0.239 e. The molecule has 0 aliphatic carbocycles. The molecule has 0 aliphatic rings. The van der Waals surface area contributed by atoms with Gasteiger partial charge in [0.05, 0.1) is 31.5 Å². The van der Waals surface area contributed by atoms with E-state index in [1.54, 1.807) is 0 Å². The minimum atomic E-state index is -2.07. The van der Waals surface area contributed by atoms with Crippen molar-refractivity contribution in [3.8, 4) is 0 Å². The van der Waals surface area contributed by atoms with Gasteiger partial charge in [0.1, 0.15) is 23.2 Å². The molecule has 0 bridgehead atoms. The molecular weight excluding hydrogens is 637 g/mol. The monoisotopic (exact) mass is 671 g/mol. The van der Waals surface area contributed by atoms with Crippen molar-refractivity contribution < 1.29 is 41.0 Å². The molecule has 0 saturated heterocycles. The van der Waals surface area contributed by atoms with Crippen LogP contribution in [0.4, 0.5) is 0 Å². The predicted octanol–water partition coefficient (Wildman–Crippen LogP) is -1.04. The first-order chi connectivity index (χ1) is 19.8. The Kier molecular flexibility index (Phi) is 15.2. The first-order valence-electron chi connectivity index (χ1n) is 13.3. The molecule has 3 N–H and O–H groups in total. The highest BCUT2D eigenvalue weighted by Gasteiger charge is 2.44. The lowest BCUT2D eigenvalue weighted by Crippen LogP contribution is -3.00. The zero-order valence-electron chi connectivity index (χ0n) is 23.4. The van der Waals surface area contributed by atoms with Crippen molar-refractivity contribution in [2.45, 2.75) is 19.8 Å². The first-order valence-corrected chi connectivity index (χ1v) is 16.3.